The fourth-order valence-corrected chi connectivity index (χ4v) is 1.93. The van der Waals surface area contributed by atoms with Gasteiger partial charge in [-0.05, 0) is 27.2 Å². The fourth-order valence-electron chi connectivity index (χ4n) is 1.93. The van der Waals surface area contributed by atoms with Crippen molar-refractivity contribution in [1.82, 2.24) is 5.32 Å². The molecule has 7 nitrogen and oxygen atoms in total. The Morgan fingerprint density at radius 2 is 1.75 bits per heavy atom. The first-order valence-electron chi connectivity index (χ1n) is 6.74. The van der Waals surface area contributed by atoms with Crippen molar-refractivity contribution < 1.29 is 28.6 Å². The van der Waals surface area contributed by atoms with Crippen LogP contribution in [0.1, 0.15) is 27.2 Å². The monoisotopic (exact) mass is 287 g/mol. The summed E-state index contributed by atoms with van der Waals surface area (Å²) in [6.07, 6.45) is 0.555. The van der Waals surface area contributed by atoms with Crippen molar-refractivity contribution in [3.8, 4) is 0 Å². The average molecular weight is 287 g/mol. The topological polar surface area (TPSA) is 90.9 Å². The van der Waals surface area contributed by atoms with Crippen LogP contribution in [0.25, 0.3) is 0 Å². The third kappa shape index (κ3) is 4.48. The summed E-state index contributed by atoms with van der Waals surface area (Å²) in [5.41, 5.74) is 0. The molecule has 2 atom stereocenters. The molecule has 7 heteroatoms. The Labute approximate surface area is 117 Å². The molecule has 0 spiro atoms. The largest absolute Gasteiger partial charge is 0.464 e. The smallest absolute Gasteiger partial charge is 0.340 e. The van der Waals surface area contributed by atoms with E-state index in [1.165, 1.54) is 0 Å². The van der Waals surface area contributed by atoms with Crippen molar-refractivity contribution in [1.29, 1.82) is 0 Å². The minimum absolute atomic E-state index is 0.00520. The minimum atomic E-state index is -1.42. The summed E-state index contributed by atoms with van der Waals surface area (Å²) in [6.45, 7) is 5.62. The van der Waals surface area contributed by atoms with Crippen molar-refractivity contribution in [2.24, 2.45) is 5.92 Å². The molecule has 1 N–H and O–H groups in total. The molecule has 0 aliphatic carbocycles. The summed E-state index contributed by atoms with van der Waals surface area (Å²) >= 11 is 0. The molecule has 0 aromatic heterocycles. The highest BCUT2D eigenvalue weighted by Crippen LogP contribution is 2.19. The molecule has 114 valence electrons. The van der Waals surface area contributed by atoms with Gasteiger partial charge in [0.1, 0.15) is 0 Å². The second-order valence-electron chi connectivity index (χ2n) is 4.52. The first kappa shape index (κ1) is 16.4. The van der Waals surface area contributed by atoms with Gasteiger partial charge in [0.15, 0.2) is 0 Å². The second-order valence-corrected chi connectivity index (χ2v) is 4.52. The van der Waals surface area contributed by atoms with Crippen molar-refractivity contribution in [3.05, 3.63) is 0 Å². The Kier molecular flexibility index (Phi) is 6.44. The van der Waals surface area contributed by atoms with Crippen molar-refractivity contribution in [2.75, 3.05) is 19.8 Å². The number of carbonyl (C=O) groups is 3. The number of carbonyl (C=O) groups excluding carboxylic acids is 3. The van der Waals surface area contributed by atoms with E-state index in [0.717, 1.165) is 0 Å². The van der Waals surface area contributed by atoms with Gasteiger partial charge in [0, 0.05) is 0 Å². The van der Waals surface area contributed by atoms with Gasteiger partial charge in [0.05, 0.1) is 31.8 Å². The van der Waals surface area contributed by atoms with E-state index in [0.29, 0.717) is 6.42 Å². The van der Waals surface area contributed by atoms with Gasteiger partial charge >= 0.3 is 11.9 Å². The summed E-state index contributed by atoms with van der Waals surface area (Å²) in [4.78, 5) is 35.4. The van der Waals surface area contributed by atoms with Crippen LogP contribution < -0.4 is 5.32 Å². The van der Waals surface area contributed by atoms with E-state index in [1.54, 1.807) is 13.8 Å². The molecule has 1 aliphatic rings. The molecule has 1 amide bonds. The molecular formula is C13H21NO6. The number of hydrogen-bond acceptors (Lipinski definition) is 6. The third-order valence-corrected chi connectivity index (χ3v) is 2.90. The van der Waals surface area contributed by atoms with Crippen LogP contribution in [-0.4, -0.2) is 49.8 Å². The van der Waals surface area contributed by atoms with Crippen LogP contribution in [0.2, 0.25) is 0 Å². The fraction of sp³-hybridized carbons (Fsp3) is 0.769. The zero-order valence-electron chi connectivity index (χ0n) is 12.0. The first-order chi connectivity index (χ1) is 9.49. The lowest BCUT2D eigenvalue weighted by molar-refractivity contribution is -0.160. The third-order valence-electron chi connectivity index (χ3n) is 2.90. The van der Waals surface area contributed by atoms with Gasteiger partial charge in [-0.1, -0.05) is 0 Å². The summed E-state index contributed by atoms with van der Waals surface area (Å²) in [5.74, 6) is -2.39. The summed E-state index contributed by atoms with van der Waals surface area (Å²) in [5, 5.41) is 2.38. The van der Waals surface area contributed by atoms with E-state index < -0.39 is 23.9 Å². The van der Waals surface area contributed by atoms with E-state index >= 15 is 0 Å². The summed E-state index contributed by atoms with van der Waals surface area (Å²) < 4.78 is 14.8. The molecule has 1 fully saturated rings. The van der Waals surface area contributed by atoms with Gasteiger partial charge in [0.25, 0.3) is 0 Å². The Hall–Kier alpha value is -1.63. The maximum Gasteiger partial charge on any atom is 0.340 e. The normalized spacial score (nSPS) is 21.6. The Morgan fingerprint density at radius 3 is 2.15 bits per heavy atom. The van der Waals surface area contributed by atoms with Crippen LogP contribution in [0, 0.1) is 5.92 Å². The highest BCUT2D eigenvalue weighted by Gasteiger charge is 2.35. The molecule has 20 heavy (non-hydrogen) atoms. The lowest BCUT2D eigenvalue weighted by atomic mass is 10.1. The van der Waals surface area contributed by atoms with Gasteiger partial charge in [-0.2, -0.15) is 0 Å². The van der Waals surface area contributed by atoms with Crippen LogP contribution in [0.4, 0.5) is 0 Å². The lowest BCUT2D eigenvalue weighted by Gasteiger charge is -2.17. The van der Waals surface area contributed by atoms with Crippen LogP contribution in [0.5, 0.6) is 0 Å². The molecule has 1 heterocycles. The van der Waals surface area contributed by atoms with E-state index in [2.05, 4.69) is 5.32 Å². The van der Waals surface area contributed by atoms with Gasteiger partial charge in [-0.3, -0.25) is 4.79 Å². The molecule has 1 aliphatic heterocycles. The van der Waals surface area contributed by atoms with Gasteiger partial charge in [-0.25, -0.2) is 9.59 Å². The minimum Gasteiger partial charge on any atom is -0.464 e. The molecule has 0 saturated carbocycles. The maximum absolute atomic E-state index is 12.0. The standard InChI is InChI=1S/C13H21NO6/c1-4-18-12(16)10(13(17)19-5-2)14-11(15)9-6-8(3)20-7-9/h8-10H,4-7H2,1-3H3,(H,14,15). The molecule has 0 radical (unpaired) electrons. The van der Waals surface area contributed by atoms with E-state index in [-0.39, 0.29) is 31.8 Å². The predicted molar refractivity (Wildman–Crippen MR) is 68.7 cm³/mol. The van der Waals surface area contributed by atoms with Crippen molar-refractivity contribution in [3.63, 3.8) is 0 Å². The zero-order valence-corrected chi connectivity index (χ0v) is 12.0. The number of nitrogens with one attached hydrogen (secondary N) is 1. The van der Waals surface area contributed by atoms with Gasteiger partial charge in [-0.15, -0.1) is 0 Å². The van der Waals surface area contributed by atoms with E-state index in [1.807, 2.05) is 6.92 Å². The van der Waals surface area contributed by atoms with Crippen LogP contribution in [-0.2, 0) is 28.6 Å². The van der Waals surface area contributed by atoms with E-state index in [9.17, 15) is 14.4 Å². The molecule has 0 aromatic carbocycles. The molecule has 0 aromatic rings. The highest BCUT2D eigenvalue weighted by molar-refractivity contribution is 6.02. The van der Waals surface area contributed by atoms with Crippen LogP contribution in [0.3, 0.4) is 0 Å². The highest BCUT2D eigenvalue weighted by atomic mass is 16.6. The Bertz CT molecular complexity index is 352. The van der Waals surface area contributed by atoms with E-state index in [4.69, 9.17) is 14.2 Å². The first-order valence-corrected chi connectivity index (χ1v) is 6.74. The van der Waals surface area contributed by atoms with Crippen LogP contribution in [0.15, 0.2) is 0 Å². The number of esters is 2. The molecule has 1 saturated heterocycles. The van der Waals surface area contributed by atoms with Gasteiger partial charge in [0.2, 0.25) is 11.9 Å². The van der Waals surface area contributed by atoms with Crippen molar-refractivity contribution in [2.45, 2.75) is 39.3 Å². The van der Waals surface area contributed by atoms with Crippen molar-refractivity contribution >= 4 is 17.8 Å². The summed E-state index contributed by atoms with van der Waals surface area (Å²) in [7, 11) is 0. The number of ether oxygens (including phenoxy) is 3. The SMILES string of the molecule is CCOC(=O)C(NC(=O)C1COC(C)C1)C(=O)OCC. The van der Waals surface area contributed by atoms with Crippen LogP contribution >= 0.6 is 0 Å². The average Bonchev–Trinajstić information content (AvgIpc) is 2.83. The summed E-state index contributed by atoms with van der Waals surface area (Å²) in [6, 6.07) is -1.42. The Balaban J connectivity index is 2.65. The van der Waals surface area contributed by atoms with Gasteiger partial charge < -0.3 is 19.5 Å². The quantitative estimate of drug-likeness (QED) is 0.547. The molecular weight excluding hydrogens is 266 g/mol. The number of rotatable bonds is 6. The maximum atomic E-state index is 12.0. The molecule has 2 unspecified atom stereocenters. The lowest BCUT2D eigenvalue weighted by Crippen LogP contribution is -2.50. The molecule has 0 bridgehead atoms. The predicted octanol–water partition coefficient (Wildman–Crippen LogP) is 0.0224. The zero-order chi connectivity index (χ0) is 15.1. The Morgan fingerprint density at radius 1 is 1.20 bits per heavy atom. The number of hydrogen-bond donors (Lipinski definition) is 1. The molecule has 1 rings (SSSR count). The number of amides is 1. The second kappa shape index (κ2) is 7.84.